The molecule has 2 aromatic carbocycles. The van der Waals surface area contributed by atoms with Gasteiger partial charge in [0, 0.05) is 10.0 Å². The maximum absolute atomic E-state index is 11.8. The normalized spacial score (nSPS) is 10.8. The third-order valence-electron chi connectivity index (χ3n) is 3.05. The summed E-state index contributed by atoms with van der Waals surface area (Å²) in [5.41, 5.74) is 3.44. The van der Waals surface area contributed by atoms with E-state index in [0.29, 0.717) is 5.56 Å². The molecule has 0 amide bonds. The van der Waals surface area contributed by atoms with Gasteiger partial charge in [-0.15, -0.1) is 0 Å². The van der Waals surface area contributed by atoms with E-state index in [0.717, 1.165) is 21.2 Å². The number of nitrogens with zero attached hydrogens (tertiary/aromatic N) is 2. The number of carbonyl (C=O) groups excluding carboxylic acids is 1. The van der Waals surface area contributed by atoms with E-state index < -0.39 is 0 Å². The van der Waals surface area contributed by atoms with Gasteiger partial charge in [-0.25, -0.2) is 4.98 Å². The number of hydrogen-bond donors (Lipinski definition) is 0. The van der Waals surface area contributed by atoms with Crippen molar-refractivity contribution in [3.05, 3.63) is 58.8 Å². The van der Waals surface area contributed by atoms with Gasteiger partial charge in [-0.2, -0.15) is 0 Å². The molecule has 0 bridgehead atoms. The van der Waals surface area contributed by atoms with Crippen molar-refractivity contribution >= 4 is 32.7 Å². The predicted octanol–water partition coefficient (Wildman–Crippen LogP) is 3.99. The van der Waals surface area contributed by atoms with E-state index in [1.54, 1.807) is 13.3 Å². The van der Waals surface area contributed by atoms with Gasteiger partial charge in [0.15, 0.2) is 5.78 Å². The fourth-order valence-electron chi connectivity index (χ4n) is 2.15. The molecule has 3 rings (SSSR count). The highest BCUT2D eigenvalue weighted by atomic mass is 79.9. The summed E-state index contributed by atoms with van der Waals surface area (Å²) in [5.74, 6) is 0.0362. The Labute approximate surface area is 119 Å². The van der Waals surface area contributed by atoms with Gasteiger partial charge in [-0.3, -0.25) is 9.36 Å². The number of ketones is 1. The standard InChI is InChI=1S/C15H11BrN2O/c1-10(19)12-8-11(16)6-7-14(12)18-9-17-13-4-2-3-5-15(13)18/h2-9H,1H3. The van der Waals surface area contributed by atoms with Gasteiger partial charge in [0.25, 0.3) is 0 Å². The van der Waals surface area contributed by atoms with Gasteiger partial charge in [0.05, 0.1) is 16.7 Å². The monoisotopic (exact) mass is 314 g/mol. The molecule has 0 aliphatic rings. The quantitative estimate of drug-likeness (QED) is 0.670. The molecule has 94 valence electrons. The number of halogens is 1. The number of imidazole rings is 1. The Morgan fingerprint density at radius 1 is 1.21 bits per heavy atom. The van der Waals surface area contributed by atoms with Crippen LogP contribution in [0.5, 0.6) is 0 Å². The first-order chi connectivity index (χ1) is 9.16. The third kappa shape index (κ3) is 2.08. The van der Waals surface area contributed by atoms with Crippen LogP contribution in [-0.2, 0) is 0 Å². The molecule has 0 aliphatic carbocycles. The van der Waals surface area contributed by atoms with Gasteiger partial charge in [-0.1, -0.05) is 28.1 Å². The Bertz CT molecular complexity index is 777. The van der Waals surface area contributed by atoms with E-state index in [1.165, 1.54) is 0 Å². The molecule has 0 saturated heterocycles. The first kappa shape index (κ1) is 12.1. The number of carbonyl (C=O) groups is 1. The summed E-state index contributed by atoms with van der Waals surface area (Å²) in [6, 6.07) is 13.6. The summed E-state index contributed by atoms with van der Waals surface area (Å²) in [4.78, 5) is 16.2. The van der Waals surface area contributed by atoms with Gasteiger partial charge in [-0.05, 0) is 37.3 Å². The Kier molecular flexibility index (Phi) is 2.95. The fraction of sp³-hybridized carbons (Fsp3) is 0.0667. The van der Waals surface area contributed by atoms with Crippen molar-refractivity contribution in [1.29, 1.82) is 0 Å². The van der Waals surface area contributed by atoms with E-state index >= 15 is 0 Å². The van der Waals surface area contributed by atoms with Crippen molar-refractivity contribution in [2.75, 3.05) is 0 Å². The zero-order valence-corrected chi connectivity index (χ0v) is 11.9. The minimum absolute atomic E-state index is 0.0362. The van der Waals surface area contributed by atoms with Crippen LogP contribution < -0.4 is 0 Å². The minimum atomic E-state index is 0.0362. The number of aromatic nitrogens is 2. The van der Waals surface area contributed by atoms with Gasteiger partial charge >= 0.3 is 0 Å². The fourth-order valence-corrected chi connectivity index (χ4v) is 2.51. The van der Waals surface area contributed by atoms with Crippen molar-refractivity contribution in [3.8, 4) is 5.69 Å². The first-order valence-electron chi connectivity index (χ1n) is 5.90. The molecule has 0 unspecified atom stereocenters. The molecule has 0 saturated carbocycles. The molecule has 0 spiro atoms. The molecule has 4 heteroatoms. The van der Waals surface area contributed by atoms with Gasteiger partial charge in [0.2, 0.25) is 0 Å². The number of Topliss-reactive ketones (excluding diaryl/α,β-unsaturated/α-hetero) is 1. The van der Waals surface area contributed by atoms with Crippen LogP contribution in [-0.4, -0.2) is 15.3 Å². The number of para-hydroxylation sites is 2. The zero-order valence-electron chi connectivity index (χ0n) is 10.3. The van der Waals surface area contributed by atoms with Crippen molar-refractivity contribution in [2.45, 2.75) is 6.92 Å². The lowest BCUT2D eigenvalue weighted by Gasteiger charge is -2.09. The average molecular weight is 315 g/mol. The third-order valence-corrected chi connectivity index (χ3v) is 3.54. The highest BCUT2D eigenvalue weighted by Crippen LogP contribution is 2.24. The van der Waals surface area contributed by atoms with E-state index in [-0.39, 0.29) is 5.78 Å². The second-order valence-electron chi connectivity index (χ2n) is 4.32. The van der Waals surface area contributed by atoms with Gasteiger partial charge < -0.3 is 0 Å². The smallest absolute Gasteiger partial charge is 0.161 e. The Hall–Kier alpha value is -1.94. The molecule has 0 radical (unpaired) electrons. The SMILES string of the molecule is CC(=O)c1cc(Br)ccc1-n1cnc2ccccc21. The Morgan fingerprint density at radius 3 is 2.79 bits per heavy atom. The molecule has 0 atom stereocenters. The van der Waals surface area contributed by atoms with Crippen molar-refractivity contribution < 1.29 is 4.79 Å². The second kappa shape index (κ2) is 4.63. The summed E-state index contributed by atoms with van der Waals surface area (Å²) in [6.07, 6.45) is 1.75. The lowest BCUT2D eigenvalue weighted by atomic mass is 10.1. The van der Waals surface area contributed by atoms with Crippen LogP contribution in [0, 0.1) is 0 Å². The number of benzene rings is 2. The topological polar surface area (TPSA) is 34.9 Å². The molecule has 0 fully saturated rings. The summed E-state index contributed by atoms with van der Waals surface area (Å²) in [6.45, 7) is 1.57. The molecule has 0 aliphatic heterocycles. The number of rotatable bonds is 2. The zero-order chi connectivity index (χ0) is 13.4. The Balaban J connectivity index is 2.30. The van der Waals surface area contributed by atoms with Crippen molar-refractivity contribution in [3.63, 3.8) is 0 Å². The van der Waals surface area contributed by atoms with Crippen LogP contribution in [0.2, 0.25) is 0 Å². The van der Waals surface area contributed by atoms with E-state index in [9.17, 15) is 4.79 Å². The van der Waals surface area contributed by atoms with Crippen LogP contribution in [0.4, 0.5) is 0 Å². The molecule has 3 aromatic rings. The first-order valence-corrected chi connectivity index (χ1v) is 6.69. The van der Waals surface area contributed by atoms with E-state index in [2.05, 4.69) is 20.9 Å². The van der Waals surface area contributed by atoms with Crippen LogP contribution >= 0.6 is 15.9 Å². The lowest BCUT2D eigenvalue weighted by molar-refractivity contribution is 0.101. The molecule has 3 nitrogen and oxygen atoms in total. The maximum atomic E-state index is 11.8. The summed E-state index contributed by atoms with van der Waals surface area (Å²) in [7, 11) is 0. The van der Waals surface area contributed by atoms with Crippen LogP contribution in [0.3, 0.4) is 0 Å². The van der Waals surface area contributed by atoms with E-state index in [4.69, 9.17) is 0 Å². The largest absolute Gasteiger partial charge is 0.298 e. The van der Waals surface area contributed by atoms with Gasteiger partial charge in [0.1, 0.15) is 6.33 Å². The molecule has 1 aromatic heterocycles. The number of hydrogen-bond acceptors (Lipinski definition) is 2. The summed E-state index contributed by atoms with van der Waals surface area (Å²) >= 11 is 3.40. The highest BCUT2D eigenvalue weighted by Gasteiger charge is 2.12. The van der Waals surface area contributed by atoms with Crippen LogP contribution in [0.15, 0.2) is 53.3 Å². The molecule has 0 N–H and O–H groups in total. The Morgan fingerprint density at radius 2 is 2.00 bits per heavy atom. The van der Waals surface area contributed by atoms with E-state index in [1.807, 2.05) is 47.0 Å². The predicted molar refractivity (Wildman–Crippen MR) is 78.8 cm³/mol. The maximum Gasteiger partial charge on any atom is 0.161 e. The average Bonchev–Trinajstić information content (AvgIpc) is 2.82. The summed E-state index contributed by atoms with van der Waals surface area (Å²) < 4.78 is 2.84. The molecular weight excluding hydrogens is 304 g/mol. The molecule has 1 heterocycles. The van der Waals surface area contributed by atoms with Crippen molar-refractivity contribution in [1.82, 2.24) is 9.55 Å². The van der Waals surface area contributed by atoms with Crippen LogP contribution in [0.1, 0.15) is 17.3 Å². The lowest BCUT2D eigenvalue weighted by Crippen LogP contribution is -2.02. The number of fused-ring (bicyclic) bond motifs is 1. The van der Waals surface area contributed by atoms with Crippen LogP contribution in [0.25, 0.3) is 16.7 Å². The summed E-state index contributed by atoms with van der Waals surface area (Å²) in [5, 5.41) is 0. The highest BCUT2D eigenvalue weighted by molar-refractivity contribution is 9.10. The second-order valence-corrected chi connectivity index (χ2v) is 5.24. The molecule has 19 heavy (non-hydrogen) atoms. The molecular formula is C15H11BrN2O. The minimum Gasteiger partial charge on any atom is -0.298 e. The van der Waals surface area contributed by atoms with Crippen molar-refractivity contribution in [2.24, 2.45) is 0 Å².